The predicted molar refractivity (Wildman–Crippen MR) is 84.8 cm³/mol. The lowest BCUT2D eigenvalue weighted by atomic mass is 10.2. The molecule has 13 nitrogen and oxygen atoms in total. The molecule has 0 spiro atoms. The lowest BCUT2D eigenvalue weighted by Gasteiger charge is -2.01. The molecule has 25 heavy (non-hydrogen) atoms. The smallest absolute Gasteiger partial charge is 0.320 e. The van der Waals surface area contributed by atoms with E-state index in [1.165, 1.54) is 0 Å². The maximum Gasteiger partial charge on any atom is 0.320 e. The Morgan fingerprint density at radius 3 is 1.08 bits per heavy atom. The first-order chi connectivity index (χ1) is 11.3. The van der Waals surface area contributed by atoms with Crippen molar-refractivity contribution >= 4 is 29.7 Å². The van der Waals surface area contributed by atoms with Gasteiger partial charge in [-0.1, -0.05) is 0 Å². The van der Waals surface area contributed by atoms with Crippen molar-refractivity contribution in [2.45, 2.75) is 37.8 Å². The van der Waals surface area contributed by atoms with Crippen LogP contribution < -0.4 is 28.7 Å². The Labute approximate surface area is 143 Å². The summed E-state index contributed by atoms with van der Waals surface area (Å²) in [6, 6.07) is -1.96. The maximum atomic E-state index is 10.1. The SMILES string of the molecule is NC(=O)CC[C@H](N)C(=O)O.NC(=O)CC[C@H](N)C(=O)O.NCC(=O)O. The third kappa shape index (κ3) is 26.4. The second-order valence-corrected chi connectivity index (χ2v) is 4.50. The van der Waals surface area contributed by atoms with Gasteiger partial charge in [0.15, 0.2) is 0 Å². The average Bonchev–Trinajstić information content (AvgIpc) is 2.50. The van der Waals surface area contributed by atoms with Gasteiger partial charge in [0.05, 0.1) is 6.54 Å². The second kappa shape index (κ2) is 16.1. The minimum atomic E-state index is -1.11. The molecule has 0 aliphatic heterocycles. The first kappa shape index (κ1) is 27.1. The molecule has 146 valence electrons. The summed E-state index contributed by atoms with van der Waals surface area (Å²) in [7, 11) is 0. The maximum absolute atomic E-state index is 10.1. The molecule has 0 heterocycles. The van der Waals surface area contributed by atoms with E-state index in [-0.39, 0.29) is 32.2 Å². The number of hydrogen-bond acceptors (Lipinski definition) is 8. The predicted octanol–water partition coefficient (Wildman–Crippen LogP) is -3.64. The van der Waals surface area contributed by atoms with E-state index in [2.05, 4.69) is 5.73 Å². The summed E-state index contributed by atoms with van der Waals surface area (Å²) < 4.78 is 0. The van der Waals surface area contributed by atoms with Crippen LogP contribution >= 0.6 is 0 Å². The summed E-state index contributed by atoms with van der Waals surface area (Å²) in [4.78, 5) is 49.5. The molecule has 13 heteroatoms. The second-order valence-electron chi connectivity index (χ2n) is 4.50. The summed E-state index contributed by atoms with van der Waals surface area (Å²) >= 11 is 0. The number of carbonyl (C=O) groups is 5. The third-order valence-corrected chi connectivity index (χ3v) is 2.21. The summed E-state index contributed by atoms with van der Waals surface area (Å²) in [6.07, 6.45) is 0.246. The number of hydrogen-bond donors (Lipinski definition) is 8. The molecule has 2 amide bonds. The summed E-state index contributed by atoms with van der Waals surface area (Å²) in [5.41, 5.74) is 24.2. The monoisotopic (exact) mass is 367 g/mol. The Balaban J connectivity index is -0.000000308. The topological polar surface area (TPSA) is 276 Å². The average molecular weight is 367 g/mol. The molecular formula is C12H25N5O8. The number of aliphatic carboxylic acids is 3. The standard InChI is InChI=1S/2C5H10N2O3.C2H5NO2/c2*6-3(5(9)10)1-2-4(7)8;3-1-2(4)5/h2*3H,1-2,6H2,(H2,7,8)(H,9,10);1,3H2,(H,4,5)/t2*3-;/m00./s1. The van der Waals surface area contributed by atoms with Gasteiger partial charge in [-0.2, -0.15) is 0 Å². The minimum Gasteiger partial charge on any atom is -0.480 e. The highest BCUT2D eigenvalue weighted by molar-refractivity contribution is 5.77. The molecule has 13 N–H and O–H groups in total. The van der Waals surface area contributed by atoms with Crippen LogP contribution in [0.15, 0.2) is 0 Å². The quantitative estimate of drug-likeness (QED) is 0.196. The number of carbonyl (C=O) groups excluding carboxylic acids is 2. The van der Waals surface area contributed by atoms with Gasteiger partial charge in [-0.25, -0.2) is 0 Å². The van der Waals surface area contributed by atoms with Crippen molar-refractivity contribution < 1.29 is 39.3 Å². The lowest BCUT2D eigenvalue weighted by Crippen LogP contribution is -2.31. The van der Waals surface area contributed by atoms with Gasteiger partial charge in [0.2, 0.25) is 11.8 Å². The number of carboxylic acid groups (broad SMARTS) is 3. The van der Waals surface area contributed by atoms with E-state index in [1.54, 1.807) is 0 Å². The van der Waals surface area contributed by atoms with Gasteiger partial charge in [-0.05, 0) is 12.8 Å². The molecule has 2 atom stereocenters. The molecule has 0 fully saturated rings. The van der Waals surface area contributed by atoms with Crippen LogP contribution in [0.1, 0.15) is 25.7 Å². The van der Waals surface area contributed by atoms with Crippen molar-refractivity contribution in [1.29, 1.82) is 0 Å². The van der Waals surface area contributed by atoms with E-state index >= 15 is 0 Å². The van der Waals surface area contributed by atoms with Crippen molar-refractivity contribution in [3.8, 4) is 0 Å². The van der Waals surface area contributed by atoms with Crippen LogP contribution in [-0.4, -0.2) is 63.7 Å². The zero-order valence-electron chi connectivity index (χ0n) is 13.5. The van der Waals surface area contributed by atoms with Crippen LogP contribution in [0.2, 0.25) is 0 Å². The van der Waals surface area contributed by atoms with Crippen molar-refractivity contribution in [3.05, 3.63) is 0 Å². The summed E-state index contributed by atoms with van der Waals surface area (Å²) in [5.74, 6) is -4.25. The summed E-state index contributed by atoms with van der Waals surface area (Å²) in [6.45, 7) is -0.278. The Hall–Kier alpha value is -2.77. The first-order valence-electron chi connectivity index (χ1n) is 6.80. The molecule has 0 aromatic rings. The molecular weight excluding hydrogens is 342 g/mol. The molecule has 0 saturated heterocycles. The van der Waals surface area contributed by atoms with E-state index in [9.17, 15) is 24.0 Å². The van der Waals surface area contributed by atoms with Crippen LogP contribution in [0, 0.1) is 0 Å². The normalized spacial score (nSPS) is 11.5. The van der Waals surface area contributed by atoms with Crippen molar-refractivity contribution in [1.82, 2.24) is 0 Å². The fourth-order valence-electron chi connectivity index (χ4n) is 0.842. The number of rotatable bonds is 9. The van der Waals surface area contributed by atoms with E-state index in [0.717, 1.165) is 0 Å². The van der Waals surface area contributed by atoms with Crippen LogP contribution in [0.4, 0.5) is 0 Å². The highest BCUT2D eigenvalue weighted by Gasteiger charge is 2.12. The molecule has 0 aromatic carbocycles. The van der Waals surface area contributed by atoms with Crippen LogP contribution in [0.5, 0.6) is 0 Å². The van der Waals surface area contributed by atoms with Crippen LogP contribution in [-0.2, 0) is 24.0 Å². The molecule has 0 aromatic heterocycles. The van der Waals surface area contributed by atoms with Crippen molar-refractivity contribution in [2.24, 2.45) is 28.7 Å². The van der Waals surface area contributed by atoms with Crippen molar-refractivity contribution in [2.75, 3.05) is 6.54 Å². The van der Waals surface area contributed by atoms with E-state index < -0.39 is 41.8 Å². The summed E-state index contributed by atoms with van der Waals surface area (Å²) in [5, 5.41) is 24.0. The molecule has 0 rings (SSSR count). The lowest BCUT2D eigenvalue weighted by molar-refractivity contribution is -0.139. The van der Waals surface area contributed by atoms with Gasteiger partial charge < -0.3 is 44.0 Å². The van der Waals surface area contributed by atoms with E-state index in [4.69, 9.17) is 38.3 Å². The Morgan fingerprint density at radius 1 is 0.720 bits per heavy atom. The van der Waals surface area contributed by atoms with Gasteiger partial charge in [0, 0.05) is 12.8 Å². The Morgan fingerprint density at radius 2 is 0.960 bits per heavy atom. The van der Waals surface area contributed by atoms with Crippen LogP contribution in [0.3, 0.4) is 0 Å². The van der Waals surface area contributed by atoms with Gasteiger partial charge in [0.1, 0.15) is 12.1 Å². The molecule has 0 bridgehead atoms. The van der Waals surface area contributed by atoms with Gasteiger partial charge in [-0.3, -0.25) is 24.0 Å². The third-order valence-electron chi connectivity index (χ3n) is 2.21. The fraction of sp³-hybridized carbons (Fsp3) is 0.583. The van der Waals surface area contributed by atoms with Gasteiger partial charge in [0.25, 0.3) is 0 Å². The molecule has 0 radical (unpaired) electrons. The highest BCUT2D eigenvalue weighted by Crippen LogP contribution is 1.93. The number of carboxylic acids is 3. The van der Waals surface area contributed by atoms with Gasteiger partial charge >= 0.3 is 17.9 Å². The zero-order chi connectivity index (χ0) is 20.6. The zero-order valence-corrected chi connectivity index (χ0v) is 13.5. The van der Waals surface area contributed by atoms with Crippen molar-refractivity contribution in [3.63, 3.8) is 0 Å². The Bertz CT molecular complexity index is 423. The Kier molecular flexibility index (Phi) is 17.4. The fourth-order valence-corrected chi connectivity index (χ4v) is 0.842. The minimum absolute atomic E-state index is 0.0213. The number of amides is 2. The largest absolute Gasteiger partial charge is 0.480 e. The number of primary amides is 2. The van der Waals surface area contributed by atoms with Gasteiger partial charge in [-0.15, -0.1) is 0 Å². The number of nitrogens with two attached hydrogens (primary N) is 5. The molecule has 0 unspecified atom stereocenters. The first-order valence-corrected chi connectivity index (χ1v) is 6.80. The van der Waals surface area contributed by atoms with Crippen LogP contribution in [0.25, 0.3) is 0 Å². The highest BCUT2D eigenvalue weighted by atomic mass is 16.4. The van der Waals surface area contributed by atoms with E-state index in [0.29, 0.717) is 0 Å². The molecule has 0 saturated carbocycles. The van der Waals surface area contributed by atoms with E-state index in [1.807, 2.05) is 0 Å². The molecule has 0 aliphatic rings. The molecule has 0 aliphatic carbocycles.